The van der Waals surface area contributed by atoms with Crippen LogP contribution in [0.3, 0.4) is 0 Å². The Kier molecular flexibility index (Phi) is 17.4. The van der Waals surface area contributed by atoms with Crippen LogP contribution in [0.15, 0.2) is 0 Å². The fraction of sp³-hybridized carbons (Fsp3) is 0.955. The van der Waals surface area contributed by atoms with E-state index in [0.717, 1.165) is 16.8 Å². The molecule has 0 aromatic rings. The maximum atomic E-state index is 11.0. The SMILES string of the molecule is CCCCCCCCCCCCCCCC[N+](C)(C)CCSC(C)=O. The molecule has 150 valence electrons. The highest BCUT2D eigenvalue weighted by molar-refractivity contribution is 8.13. The van der Waals surface area contributed by atoms with Gasteiger partial charge in [0.1, 0.15) is 0 Å². The van der Waals surface area contributed by atoms with Crippen LogP contribution < -0.4 is 0 Å². The molecule has 0 rings (SSSR count). The monoisotopic (exact) mass is 372 g/mol. The number of nitrogens with zero attached hydrogens (tertiary/aromatic N) is 1. The molecule has 0 unspecified atom stereocenters. The largest absolute Gasteiger partial charge is 0.328 e. The van der Waals surface area contributed by atoms with Crippen molar-refractivity contribution in [2.75, 3.05) is 32.9 Å². The fourth-order valence-electron chi connectivity index (χ4n) is 3.28. The molecule has 0 atom stereocenters. The molecule has 3 heteroatoms. The van der Waals surface area contributed by atoms with Gasteiger partial charge in [0.05, 0.1) is 32.9 Å². The van der Waals surface area contributed by atoms with Gasteiger partial charge in [-0.15, -0.1) is 0 Å². The first-order valence-corrected chi connectivity index (χ1v) is 11.9. The van der Waals surface area contributed by atoms with E-state index in [9.17, 15) is 4.79 Å². The zero-order valence-corrected chi connectivity index (χ0v) is 18.6. The number of thioether (sulfide) groups is 1. The Bertz CT molecular complexity index is 304. The summed E-state index contributed by atoms with van der Waals surface area (Å²) in [6, 6.07) is 0. The summed E-state index contributed by atoms with van der Waals surface area (Å²) >= 11 is 1.47. The van der Waals surface area contributed by atoms with Gasteiger partial charge in [-0.1, -0.05) is 95.7 Å². The normalized spacial score (nSPS) is 11.8. The summed E-state index contributed by atoms with van der Waals surface area (Å²) in [4.78, 5) is 11.0. The van der Waals surface area contributed by atoms with Crippen molar-refractivity contribution >= 4 is 16.9 Å². The molecule has 2 nitrogen and oxygen atoms in total. The minimum atomic E-state index is 0.247. The third kappa shape index (κ3) is 20.1. The third-order valence-corrected chi connectivity index (χ3v) is 5.91. The number of carbonyl (C=O) groups is 1. The van der Waals surface area contributed by atoms with Crippen molar-refractivity contribution in [3.8, 4) is 0 Å². The van der Waals surface area contributed by atoms with Crippen LogP contribution in [0.2, 0.25) is 0 Å². The van der Waals surface area contributed by atoms with Gasteiger partial charge in [-0.2, -0.15) is 0 Å². The van der Waals surface area contributed by atoms with Gasteiger partial charge in [0.15, 0.2) is 5.12 Å². The van der Waals surface area contributed by atoms with E-state index >= 15 is 0 Å². The lowest BCUT2D eigenvalue weighted by Gasteiger charge is -2.29. The first-order valence-electron chi connectivity index (χ1n) is 10.9. The van der Waals surface area contributed by atoms with Crippen molar-refractivity contribution in [3.05, 3.63) is 0 Å². The van der Waals surface area contributed by atoms with Crippen molar-refractivity contribution in [1.29, 1.82) is 0 Å². The number of unbranched alkanes of at least 4 members (excludes halogenated alkanes) is 13. The smallest absolute Gasteiger partial charge is 0.186 e. The van der Waals surface area contributed by atoms with Crippen molar-refractivity contribution in [1.82, 2.24) is 0 Å². The maximum absolute atomic E-state index is 11.0. The predicted octanol–water partition coefficient (Wildman–Crippen LogP) is 6.82. The van der Waals surface area contributed by atoms with Crippen molar-refractivity contribution in [2.45, 2.75) is 104 Å². The number of carbonyl (C=O) groups excluding carboxylic acids is 1. The van der Waals surface area contributed by atoms with E-state index in [-0.39, 0.29) is 5.12 Å². The Hall–Kier alpha value is -0.0200. The molecule has 0 spiro atoms. The number of hydrogen-bond donors (Lipinski definition) is 0. The minimum absolute atomic E-state index is 0.247. The molecule has 0 N–H and O–H groups in total. The van der Waals surface area contributed by atoms with Crippen LogP contribution in [0.5, 0.6) is 0 Å². The first-order chi connectivity index (χ1) is 12.0. The molecular weight excluding hydrogens is 326 g/mol. The van der Waals surface area contributed by atoms with E-state index < -0.39 is 0 Å². The van der Waals surface area contributed by atoms with Crippen molar-refractivity contribution in [2.24, 2.45) is 0 Å². The fourth-order valence-corrected chi connectivity index (χ4v) is 4.16. The highest BCUT2D eigenvalue weighted by atomic mass is 32.2. The average molecular weight is 373 g/mol. The first kappa shape index (κ1) is 25.0. The van der Waals surface area contributed by atoms with Gasteiger partial charge in [0.25, 0.3) is 0 Å². The second-order valence-electron chi connectivity index (χ2n) is 8.32. The molecule has 0 aromatic heterocycles. The summed E-state index contributed by atoms with van der Waals surface area (Å²) < 4.78 is 1.05. The summed E-state index contributed by atoms with van der Waals surface area (Å²) in [6.45, 7) is 6.30. The average Bonchev–Trinajstić information content (AvgIpc) is 2.54. The molecule has 0 saturated heterocycles. The molecule has 0 aliphatic heterocycles. The second-order valence-corrected chi connectivity index (χ2v) is 9.59. The number of hydrogen-bond acceptors (Lipinski definition) is 2. The molecule has 0 radical (unpaired) electrons. The zero-order valence-electron chi connectivity index (χ0n) is 17.8. The Morgan fingerprint density at radius 3 is 1.48 bits per heavy atom. The quantitative estimate of drug-likeness (QED) is 0.194. The predicted molar refractivity (Wildman–Crippen MR) is 115 cm³/mol. The Morgan fingerprint density at radius 1 is 0.680 bits per heavy atom. The number of quaternary nitrogens is 1. The molecule has 0 aliphatic carbocycles. The molecule has 0 bridgehead atoms. The second kappa shape index (κ2) is 17.4. The van der Waals surface area contributed by atoms with Crippen LogP contribution in [0.4, 0.5) is 0 Å². The van der Waals surface area contributed by atoms with Crippen LogP contribution >= 0.6 is 11.8 Å². The van der Waals surface area contributed by atoms with E-state index in [1.54, 1.807) is 6.92 Å². The standard InChI is InChI=1S/C22H46NOS/c1-5-6-7-8-9-10-11-12-13-14-15-16-17-18-19-23(3,4)20-21-25-22(2)24/h5-21H2,1-4H3/q+1. The molecule has 0 amide bonds. The molecule has 0 fully saturated rings. The Labute approximate surface area is 163 Å². The molecule has 0 aliphatic rings. The Morgan fingerprint density at radius 2 is 1.08 bits per heavy atom. The topological polar surface area (TPSA) is 17.1 Å². The van der Waals surface area contributed by atoms with Gasteiger partial charge < -0.3 is 4.48 Å². The van der Waals surface area contributed by atoms with E-state index in [4.69, 9.17) is 0 Å². The third-order valence-electron chi connectivity index (χ3n) is 5.12. The van der Waals surface area contributed by atoms with Crippen molar-refractivity contribution in [3.63, 3.8) is 0 Å². The molecule has 0 saturated carbocycles. The van der Waals surface area contributed by atoms with Crippen LogP contribution in [-0.4, -0.2) is 42.5 Å². The van der Waals surface area contributed by atoms with Gasteiger partial charge >= 0.3 is 0 Å². The van der Waals surface area contributed by atoms with Crippen LogP contribution in [0, 0.1) is 0 Å². The molecular formula is C22H46NOS+. The van der Waals surface area contributed by atoms with Gasteiger partial charge in [0.2, 0.25) is 0 Å². The lowest BCUT2D eigenvalue weighted by Crippen LogP contribution is -2.42. The summed E-state index contributed by atoms with van der Waals surface area (Å²) in [5, 5.41) is 0.247. The van der Waals surface area contributed by atoms with Gasteiger partial charge in [0, 0.05) is 6.92 Å². The Balaban J connectivity index is 3.26. The molecule has 0 heterocycles. The lowest BCUT2D eigenvalue weighted by molar-refractivity contribution is -0.888. The minimum Gasteiger partial charge on any atom is -0.328 e. The van der Waals surface area contributed by atoms with E-state index in [2.05, 4.69) is 21.0 Å². The lowest BCUT2D eigenvalue weighted by atomic mass is 10.0. The van der Waals surface area contributed by atoms with E-state index in [1.165, 1.54) is 108 Å². The molecule has 25 heavy (non-hydrogen) atoms. The highest BCUT2D eigenvalue weighted by Crippen LogP contribution is 2.14. The van der Waals surface area contributed by atoms with Gasteiger partial charge in [-0.25, -0.2) is 0 Å². The number of rotatable bonds is 18. The van der Waals surface area contributed by atoms with Gasteiger partial charge in [-0.05, 0) is 12.8 Å². The maximum Gasteiger partial charge on any atom is 0.186 e. The summed E-state index contributed by atoms with van der Waals surface area (Å²) in [5.41, 5.74) is 0. The molecule has 0 aromatic carbocycles. The van der Waals surface area contributed by atoms with Gasteiger partial charge in [-0.3, -0.25) is 4.79 Å². The van der Waals surface area contributed by atoms with Crippen LogP contribution in [0.25, 0.3) is 0 Å². The van der Waals surface area contributed by atoms with E-state index in [1.807, 2.05) is 0 Å². The zero-order chi connectivity index (χ0) is 18.8. The van der Waals surface area contributed by atoms with E-state index in [0.29, 0.717) is 0 Å². The van der Waals surface area contributed by atoms with Crippen LogP contribution in [0.1, 0.15) is 104 Å². The summed E-state index contributed by atoms with van der Waals surface area (Å²) in [5.74, 6) is 0.959. The highest BCUT2D eigenvalue weighted by Gasteiger charge is 2.14. The van der Waals surface area contributed by atoms with Crippen LogP contribution in [-0.2, 0) is 4.79 Å². The van der Waals surface area contributed by atoms with Crippen molar-refractivity contribution < 1.29 is 9.28 Å². The summed E-state index contributed by atoms with van der Waals surface area (Å²) in [6.07, 6.45) is 19.9. The summed E-state index contributed by atoms with van der Waals surface area (Å²) in [7, 11) is 4.59.